The molecule has 20 heavy (non-hydrogen) atoms. The Labute approximate surface area is 120 Å². The van der Waals surface area contributed by atoms with E-state index in [0.717, 1.165) is 5.56 Å². The van der Waals surface area contributed by atoms with Crippen molar-refractivity contribution in [3.63, 3.8) is 0 Å². The van der Waals surface area contributed by atoms with Crippen molar-refractivity contribution < 1.29 is 9.90 Å². The molecular weight excluding hydrogens is 252 g/mol. The highest BCUT2D eigenvalue weighted by Gasteiger charge is 2.47. The first-order valence-electron chi connectivity index (χ1n) is 7.14. The van der Waals surface area contributed by atoms with Gasteiger partial charge in [-0.05, 0) is 18.4 Å². The summed E-state index contributed by atoms with van der Waals surface area (Å²) < 4.78 is 0. The van der Waals surface area contributed by atoms with Crippen molar-refractivity contribution in [3.8, 4) is 0 Å². The summed E-state index contributed by atoms with van der Waals surface area (Å²) in [5.41, 5.74) is 0.501. The quantitative estimate of drug-likeness (QED) is 0.883. The van der Waals surface area contributed by atoms with Crippen molar-refractivity contribution >= 4 is 5.91 Å². The maximum Gasteiger partial charge on any atom is 0.241 e. The molecule has 0 aliphatic carbocycles. The van der Waals surface area contributed by atoms with Crippen molar-refractivity contribution in [2.75, 3.05) is 7.05 Å². The Hall–Kier alpha value is -1.39. The predicted octanol–water partition coefficient (Wildman–Crippen LogP) is 1.91. The summed E-state index contributed by atoms with van der Waals surface area (Å²) >= 11 is 0. The smallest absolute Gasteiger partial charge is 0.241 e. The van der Waals surface area contributed by atoms with Crippen molar-refractivity contribution in [3.05, 3.63) is 35.9 Å². The second-order valence-corrected chi connectivity index (χ2v) is 6.06. The number of nitrogens with one attached hydrogen (secondary N) is 1. The maximum atomic E-state index is 12.3. The third-order valence-electron chi connectivity index (χ3n) is 4.56. The maximum absolute atomic E-state index is 12.3. The molecular formula is C16H24N2O2. The number of likely N-dealkylation sites (N-methyl/N-ethyl adjacent to an activating group) is 1. The van der Waals surface area contributed by atoms with E-state index in [1.54, 1.807) is 4.90 Å². The van der Waals surface area contributed by atoms with Crippen LogP contribution in [0.2, 0.25) is 0 Å². The summed E-state index contributed by atoms with van der Waals surface area (Å²) in [6.07, 6.45) is -0.226. The number of nitrogens with zero attached hydrogens (tertiary/aromatic N) is 1. The zero-order valence-corrected chi connectivity index (χ0v) is 12.6. The number of benzene rings is 1. The van der Waals surface area contributed by atoms with E-state index in [4.69, 9.17) is 0 Å². The molecule has 2 rings (SSSR count). The van der Waals surface area contributed by atoms with Gasteiger partial charge in [0.15, 0.2) is 0 Å². The Balaban J connectivity index is 2.10. The third kappa shape index (κ3) is 2.58. The topological polar surface area (TPSA) is 52.6 Å². The van der Waals surface area contributed by atoms with E-state index in [1.807, 2.05) is 44.3 Å². The molecule has 1 aliphatic heterocycles. The predicted molar refractivity (Wildman–Crippen MR) is 79.0 cm³/mol. The average molecular weight is 276 g/mol. The van der Waals surface area contributed by atoms with Crippen LogP contribution in [0.4, 0.5) is 0 Å². The number of rotatable bonds is 4. The summed E-state index contributed by atoms with van der Waals surface area (Å²) in [4.78, 5) is 14.1. The third-order valence-corrected chi connectivity index (χ3v) is 4.56. The molecule has 1 aromatic rings. The van der Waals surface area contributed by atoms with Gasteiger partial charge in [0.2, 0.25) is 5.91 Å². The summed E-state index contributed by atoms with van der Waals surface area (Å²) in [5.74, 6) is 0.353. The second kappa shape index (κ2) is 5.54. The fourth-order valence-corrected chi connectivity index (χ4v) is 2.72. The monoisotopic (exact) mass is 276 g/mol. The molecule has 1 fully saturated rings. The average Bonchev–Trinajstić information content (AvgIpc) is 2.65. The molecule has 2 N–H and O–H groups in total. The first-order valence-corrected chi connectivity index (χ1v) is 7.14. The van der Waals surface area contributed by atoms with E-state index in [-0.39, 0.29) is 17.6 Å². The van der Waals surface area contributed by atoms with Crippen LogP contribution in [0.25, 0.3) is 0 Å². The molecule has 0 aromatic heterocycles. The highest BCUT2D eigenvalue weighted by atomic mass is 16.3. The van der Waals surface area contributed by atoms with Crippen LogP contribution in [0, 0.1) is 5.92 Å². The van der Waals surface area contributed by atoms with E-state index in [1.165, 1.54) is 0 Å². The summed E-state index contributed by atoms with van der Waals surface area (Å²) in [6.45, 7) is 6.21. The highest BCUT2D eigenvalue weighted by molar-refractivity contribution is 5.84. The van der Waals surface area contributed by atoms with Crippen LogP contribution in [0.1, 0.15) is 38.9 Å². The van der Waals surface area contributed by atoms with Gasteiger partial charge >= 0.3 is 0 Å². The molecule has 0 unspecified atom stereocenters. The van der Waals surface area contributed by atoms with Crippen LogP contribution in [0.15, 0.2) is 30.3 Å². The van der Waals surface area contributed by atoms with Crippen molar-refractivity contribution in [2.45, 2.75) is 45.0 Å². The zero-order chi connectivity index (χ0) is 14.9. The van der Waals surface area contributed by atoms with Gasteiger partial charge in [0.1, 0.15) is 0 Å². The van der Waals surface area contributed by atoms with Crippen LogP contribution < -0.4 is 5.32 Å². The van der Waals surface area contributed by atoms with Gasteiger partial charge in [0.05, 0.1) is 17.8 Å². The van der Waals surface area contributed by atoms with Gasteiger partial charge in [0.25, 0.3) is 0 Å². The zero-order valence-electron chi connectivity index (χ0n) is 12.6. The Kier molecular flexibility index (Phi) is 4.16. The minimum absolute atomic E-state index is 0.0520. The fraction of sp³-hybridized carbons (Fsp3) is 0.562. The number of carbonyl (C=O) groups is 1. The van der Waals surface area contributed by atoms with Gasteiger partial charge in [-0.15, -0.1) is 0 Å². The van der Waals surface area contributed by atoms with Crippen LogP contribution in [0.3, 0.4) is 0 Å². The Bertz CT molecular complexity index is 475. The van der Waals surface area contributed by atoms with E-state index >= 15 is 0 Å². The van der Waals surface area contributed by atoms with Gasteiger partial charge in [-0.25, -0.2) is 0 Å². The van der Waals surface area contributed by atoms with Gasteiger partial charge < -0.3 is 10.0 Å². The Morgan fingerprint density at radius 1 is 1.35 bits per heavy atom. The van der Waals surface area contributed by atoms with E-state index in [2.05, 4.69) is 19.2 Å². The molecule has 3 atom stereocenters. The van der Waals surface area contributed by atoms with Crippen molar-refractivity contribution in [1.82, 2.24) is 10.2 Å². The molecule has 0 saturated carbocycles. The standard InChI is InChI=1S/C16H24N2O2/c1-11(2)16(3)17-13(15(20)18(16)4)10-14(19)12-8-6-5-7-9-12/h5-9,11,13-14,17,19H,10H2,1-4H3/t13-,14-,16+/m1/s1. The molecule has 1 aromatic carbocycles. The molecule has 0 spiro atoms. The number of aliphatic hydroxyl groups is 1. The fourth-order valence-electron chi connectivity index (χ4n) is 2.72. The molecule has 1 heterocycles. The normalized spacial score (nSPS) is 28.2. The lowest BCUT2D eigenvalue weighted by atomic mass is 9.97. The molecule has 4 heteroatoms. The molecule has 110 valence electrons. The molecule has 4 nitrogen and oxygen atoms in total. The number of hydrogen-bond acceptors (Lipinski definition) is 3. The van der Waals surface area contributed by atoms with Crippen LogP contribution in [-0.4, -0.2) is 34.7 Å². The van der Waals surface area contributed by atoms with Gasteiger partial charge in [-0.1, -0.05) is 44.2 Å². The van der Waals surface area contributed by atoms with Crippen molar-refractivity contribution in [1.29, 1.82) is 0 Å². The van der Waals surface area contributed by atoms with E-state index < -0.39 is 6.10 Å². The molecule has 1 aliphatic rings. The number of hydrogen-bond donors (Lipinski definition) is 2. The number of aliphatic hydroxyl groups excluding tert-OH is 1. The Morgan fingerprint density at radius 3 is 2.45 bits per heavy atom. The minimum atomic E-state index is -0.624. The number of amides is 1. The largest absolute Gasteiger partial charge is 0.388 e. The summed E-state index contributed by atoms with van der Waals surface area (Å²) in [7, 11) is 1.82. The van der Waals surface area contributed by atoms with Gasteiger partial charge in [-0.2, -0.15) is 0 Å². The van der Waals surface area contributed by atoms with Gasteiger partial charge in [0, 0.05) is 13.5 Å². The van der Waals surface area contributed by atoms with E-state index in [9.17, 15) is 9.90 Å². The molecule has 0 bridgehead atoms. The Morgan fingerprint density at radius 2 is 1.95 bits per heavy atom. The summed E-state index contributed by atoms with van der Waals surface area (Å²) in [5, 5.41) is 13.7. The molecule has 1 amide bonds. The van der Waals surface area contributed by atoms with Crippen LogP contribution >= 0.6 is 0 Å². The molecule has 1 saturated heterocycles. The lowest BCUT2D eigenvalue weighted by Gasteiger charge is -2.36. The van der Waals surface area contributed by atoms with Crippen LogP contribution in [-0.2, 0) is 4.79 Å². The van der Waals surface area contributed by atoms with Crippen LogP contribution in [0.5, 0.6) is 0 Å². The first-order chi connectivity index (χ1) is 9.36. The number of carbonyl (C=O) groups excluding carboxylic acids is 1. The van der Waals surface area contributed by atoms with E-state index in [0.29, 0.717) is 12.3 Å². The van der Waals surface area contributed by atoms with Crippen molar-refractivity contribution in [2.24, 2.45) is 5.92 Å². The first kappa shape index (κ1) is 15.0. The summed E-state index contributed by atoms with van der Waals surface area (Å²) in [6, 6.07) is 9.14. The second-order valence-electron chi connectivity index (χ2n) is 6.06. The SMILES string of the molecule is CC(C)[C@@]1(C)N[C@H](C[C@@H](O)c2ccccc2)C(=O)N1C. The minimum Gasteiger partial charge on any atom is -0.388 e. The highest BCUT2D eigenvalue weighted by Crippen LogP contribution is 2.30. The molecule has 0 radical (unpaired) electrons. The lowest BCUT2D eigenvalue weighted by molar-refractivity contribution is -0.131. The lowest BCUT2D eigenvalue weighted by Crippen LogP contribution is -2.52. The van der Waals surface area contributed by atoms with Gasteiger partial charge in [-0.3, -0.25) is 10.1 Å².